The highest BCUT2D eigenvalue weighted by molar-refractivity contribution is 7.91. The highest BCUT2D eigenvalue weighted by Gasteiger charge is 2.31. The topological polar surface area (TPSA) is 47.0 Å². The average molecular weight is 247 g/mol. The van der Waals surface area contributed by atoms with E-state index in [-0.39, 0.29) is 5.75 Å². The molecule has 0 spiro atoms. The van der Waals surface area contributed by atoms with Crippen molar-refractivity contribution >= 4 is 20.7 Å². The summed E-state index contributed by atoms with van der Waals surface area (Å²) in [4.78, 5) is 4.98. The van der Waals surface area contributed by atoms with Gasteiger partial charge in [-0.1, -0.05) is 25.1 Å². The van der Waals surface area contributed by atoms with Gasteiger partial charge in [0.1, 0.15) is 0 Å². The monoisotopic (exact) mass is 247 g/mol. The van der Waals surface area contributed by atoms with Gasteiger partial charge in [0.15, 0.2) is 9.84 Å². The molecule has 3 nitrogen and oxygen atoms in total. The lowest BCUT2D eigenvalue weighted by molar-refractivity contribution is 0.599. The third-order valence-electron chi connectivity index (χ3n) is 3.29. The standard InChI is InChI=1S/C13H13NO2S/c1-2-9-10-5-3-4-6-11(10)14-12-7-8-17(15,16)13(9)12/h3-6H,2,7-8H2,1H3. The zero-order valence-corrected chi connectivity index (χ0v) is 10.4. The van der Waals surface area contributed by atoms with E-state index in [0.29, 0.717) is 11.3 Å². The van der Waals surface area contributed by atoms with Gasteiger partial charge in [0.25, 0.3) is 0 Å². The molecule has 0 unspecified atom stereocenters. The molecule has 0 amide bonds. The lowest BCUT2D eigenvalue weighted by atomic mass is 10.0. The molecule has 0 atom stereocenters. The van der Waals surface area contributed by atoms with Crippen molar-refractivity contribution in [2.75, 3.05) is 5.75 Å². The molecule has 4 heteroatoms. The molecule has 0 aliphatic carbocycles. The van der Waals surface area contributed by atoms with Crippen LogP contribution in [0.15, 0.2) is 29.2 Å². The van der Waals surface area contributed by atoms with Gasteiger partial charge in [-0.15, -0.1) is 0 Å². The van der Waals surface area contributed by atoms with Crippen LogP contribution in [0.25, 0.3) is 10.9 Å². The van der Waals surface area contributed by atoms with Gasteiger partial charge in [0.05, 0.1) is 21.9 Å². The third-order valence-corrected chi connectivity index (χ3v) is 5.14. The summed E-state index contributed by atoms with van der Waals surface area (Å²) in [7, 11) is -3.10. The predicted octanol–water partition coefficient (Wildman–Crippen LogP) is 2.13. The Bertz CT molecular complexity index is 705. The summed E-state index contributed by atoms with van der Waals surface area (Å²) in [6, 6.07) is 7.76. The summed E-state index contributed by atoms with van der Waals surface area (Å²) in [6.45, 7) is 2.00. The Morgan fingerprint density at radius 1 is 1.29 bits per heavy atom. The first-order valence-electron chi connectivity index (χ1n) is 5.76. The number of hydrogen-bond acceptors (Lipinski definition) is 3. The molecule has 17 heavy (non-hydrogen) atoms. The molecule has 0 saturated heterocycles. The van der Waals surface area contributed by atoms with Gasteiger partial charge >= 0.3 is 0 Å². The highest BCUT2D eigenvalue weighted by Crippen LogP contribution is 2.33. The Morgan fingerprint density at radius 2 is 2.06 bits per heavy atom. The Morgan fingerprint density at radius 3 is 2.82 bits per heavy atom. The van der Waals surface area contributed by atoms with Crippen LogP contribution in [0, 0.1) is 0 Å². The van der Waals surface area contributed by atoms with Crippen LogP contribution in [0.5, 0.6) is 0 Å². The highest BCUT2D eigenvalue weighted by atomic mass is 32.2. The summed E-state index contributed by atoms with van der Waals surface area (Å²) in [6.07, 6.45) is 1.28. The van der Waals surface area contributed by atoms with Crippen molar-refractivity contribution < 1.29 is 8.42 Å². The van der Waals surface area contributed by atoms with Crippen LogP contribution in [-0.2, 0) is 22.7 Å². The van der Waals surface area contributed by atoms with Crippen LogP contribution in [0.2, 0.25) is 0 Å². The number of rotatable bonds is 1. The molecule has 0 N–H and O–H groups in total. The fraction of sp³-hybridized carbons (Fsp3) is 0.308. The maximum Gasteiger partial charge on any atom is 0.180 e. The minimum Gasteiger partial charge on any atom is -0.251 e. The van der Waals surface area contributed by atoms with Crippen molar-refractivity contribution in [3.8, 4) is 0 Å². The first kappa shape index (κ1) is 10.7. The predicted molar refractivity (Wildman–Crippen MR) is 66.9 cm³/mol. The second-order valence-corrected chi connectivity index (χ2v) is 6.35. The molecule has 88 valence electrons. The lowest BCUT2D eigenvalue weighted by Gasteiger charge is -2.09. The second-order valence-electron chi connectivity index (χ2n) is 4.31. The van der Waals surface area contributed by atoms with E-state index in [4.69, 9.17) is 0 Å². The minimum atomic E-state index is -3.10. The molecule has 0 radical (unpaired) electrons. The third kappa shape index (κ3) is 1.47. The maximum atomic E-state index is 12.0. The lowest BCUT2D eigenvalue weighted by Crippen LogP contribution is -2.04. The normalized spacial score (nSPS) is 17.2. The van der Waals surface area contributed by atoms with E-state index in [1.807, 2.05) is 31.2 Å². The molecule has 1 aromatic heterocycles. The number of para-hydroxylation sites is 1. The van der Waals surface area contributed by atoms with Gasteiger partial charge < -0.3 is 0 Å². The smallest absolute Gasteiger partial charge is 0.180 e. The van der Waals surface area contributed by atoms with Crippen molar-refractivity contribution in [2.24, 2.45) is 0 Å². The number of pyridine rings is 1. The number of hydrogen-bond donors (Lipinski definition) is 0. The van der Waals surface area contributed by atoms with E-state index < -0.39 is 9.84 Å². The van der Waals surface area contributed by atoms with Gasteiger partial charge in [-0.25, -0.2) is 8.42 Å². The molecule has 0 bridgehead atoms. The van der Waals surface area contributed by atoms with E-state index in [2.05, 4.69) is 4.98 Å². The van der Waals surface area contributed by atoms with Crippen LogP contribution in [0.4, 0.5) is 0 Å². The van der Waals surface area contributed by atoms with Crippen LogP contribution in [0.1, 0.15) is 18.2 Å². The zero-order valence-electron chi connectivity index (χ0n) is 9.60. The number of aryl methyl sites for hydroxylation is 2. The molecule has 1 aliphatic heterocycles. The van der Waals surface area contributed by atoms with Crippen LogP contribution in [-0.4, -0.2) is 19.2 Å². The fourth-order valence-electron chi connectivity index (χ4n) is 2.54. The molecule has 1 aromatic carbocycles. The van der Waals surface area contributed by atoms with Gasteiger partial charge in [-0.3, -0.25) is 4.98 Å². The molecular formula is C13H13NO2S. The summed E-state index contributed by atoms with van der Waals surface area (Å²) in [5.41, 5.74) is 2.59. The summed E-state index contributed by atoms with van der Waals surface area (Å²) < 4.78 is 24.1. The summed E-state index contributed by atoms with van der Waals surface area (Å²) in [5.74, 6) is 0.207. The number of aromatic nitrogens is 1. The van der Waals surface area contributed by atoms with Crippen molar-refractivity contribution in [2.45, 2.75) is 24.7 Å². The Labute approximate surface area is 100 Å². The van der Waals surface area contributed by atoms with E-state index in [1.54, 1.807) is 0 Å². The number of nitrogens with zero attached hydrogens (tertiary/aromatic N) is 1. The van der Waals surface area contributed by atoms with Crippen LogP contribution >= 0.6 is 0 Å². The van der Waals surface area contributed by atoms with Crippen LogP contribution in [0.3, 0.4) is 0 Å². The van der Waals surface area contributed by atoms with Gasteiger partial charge in [0.2, 0.25) is 0 Å². The largest absolute Gasteiger partial charge is 0.251 e. The molecule has 2 heterocycles. The quantitative estimate of drug-likeness (QED) is 0.775. The first-order chi connectivity index (χ1) is 8.13. The van der Waals surface area contributed by atoms with E-state index in [0.717, 1.165) is 28.6 Å². The molecule has 0 saturated carbocycles. The molecular weight excluding hydrogens is 234 g/mol. The number of sulfone groups is 1. The minimum absolute atomic E-state index is 0.207. The Hall–Kier alpha value is -1.42. The van der Waals surface area contributed by atoms with Crippen LogP contribution < -0.4 is 0 Å². The van der Waals surface area contributed by atoms with E-state index in [9.17, 15) is 8.42 Å². The zero-order chi connectivity index (χ0) is 12.0. The second kappa shape index (κ2) is 3.53. The number of benzene rings is 1. The molecule has 2 aromatic rings. The first-order valence-corrected chi connectivity index (χ1v) is 7.42. The average Bonchev–Trinajstić information content (AvgIpc) is 2.63. The Balaban J connectivity index is 2.51. The van der Waals surface area contributed by atoms with E-state index >= 15 is 0 Å². The van der Waals surface area contributed by atoms with Gasteiger partial charge in [0, 0.05) is 11.8 Å². The summed E-state index contributed by atoms with van der Waals surface area (Å²) in [5, 5.41) is 0.972. The number of fused-ring (bicyclic) bond motifs is 2. The molecule has 1 aliphatic rings. The molecule has 0 fully saturated rings. The van der Waals surface area contributed by atoms with Crippen molar-refractivity contribution in [1.29, 1.82) is 0 Å². The summed E-state index contributed by atoms with van der Waals surface area (Å²) >= 11 is 0. The van der Waals surface area contributed by atoms with Gasteiger partial charge in [-0.2, -0.15) is 0 Å². The van der Waals surface area contributed by atoms with Crippen molar-refractivity contribution in [3.63, 3.8) is 0 Å². The Kier molecular flexibility index (Phi) is 2.23. The maximum absolute atomic E-state index is 12.0. The van der Waals surface area contributed by atoms with Gasteiger partial charge in [-0.05, 0) is 18.1 Å². The SMILES string of the molecule is CCc1c2c(nc3ccccc13)CCS2(=O)=O. The van der Waals surface area contributed by atoms with Crippen molar-refractivity contribution in [3.05, 3.63) is 35.5 Å². The fourth-order valence-corrected chi connectivity index (χ4v) is 4.34. The molecule has 3 rings (SSSR count). The van der Waals surface area contributed by atoms with E-state index in [1.165, 1.54) is 0 Å². The van der Waals surface area contributed by atoms with Crippen molar-refractivity contribution in [1.82, 2.24) is 4.98 Å².